The zero-order valence-electron chi connectivity index (χ0n) is 11.1. The summed E-state index contributed by atoms with van der Waals surface area (Å²) >= 11 is 0. The first-order chi connectivity index (χ1) is 9.29. The minimum Gasteiger partial charge on any atom is -0.497 e. The van der Waals surface area contributed by atoms with Crippen LogP contribution in [0.2, 0.25) is 0 Å². The molecule has 94 valence electrons. The second-order valence-corrected chi connectivity index (χ2v) is 4.61. The lowest BCUT2D eigenvalue weighted by Crippen LogP contribution is -2.08. The first-order valence-corrected chi connectivity index (χ1v) is 6.34. The van der Waals surface area contributed by atoms with Crippen LogP contribution < -0.4 is 9.72 Å². The molecule has 3 rings (SSSR count). The Hall–Kier alpha value is -2.35. The molecule has 2 aromatic carbocycles. The summed E-state index contributed by atoms with van der Waals surface area (Å²) in [5, 5.41) is 2.40. The number of methoxy groups -OCH3 is 1. The number of benzene rings is 2. The monoisotopic (exact) mass is 250 g/mol. The second-order valence-electron chi connectivity index (χ2n) is 4.61. The maximum Gasteiger partial charge on any atom is 0.185 e. The number of ether oxygens (including phenoxy) is 1. The molecule has 0 radical (unpaired) electrons. The van der Waals surface area contributed by atoms with Crippen LogP contribution in [-0.4, -0.2) is 7.11 Å². The number of aryl methyl sites for hydroxylation is 1. The highest BCUT2D eigenvalue weighted by atomic mass is 16.5. The lowest BCUT2D eigenvalue weighted by molar-refractivity contribution is -0.384. The fourth-order valence-electron chi connectivity index (χ4n) is 2.44. The number of hydrogen-bond acceptors (Lipinski definition) is 1. The Kier molecular flexibility index (Phi) is 2.92. The molecule has 2 heteroatoms. The van der Waals surface area contributed by atoms with Crippen LogP contribution in [0.4, 0.5) is 0 Å². The molecule has 0 spiro atoms. The molecule has 1 aromatic heterocycles. The number of H-pyrrole nitrogens is 1. The third-order valence-corrected chi connectivity index (χ3v) is 3.41. The Balaban J connectivity index is 2.35. The lowest BCUT2D eigenvalue weighted by Gasteiger charge is -2.08. The zero-order chi connectivity index (χ0) is 13.2. The van der Waals surface area contributed by atoms with E-state index in [1.807, 2.05) is 18.3 Å². The second kappa shape index (κ2) is 4.73. The van der Waals surface area contributed by atoms with Gasteiger partial charge in [-0.15, -0.1) is 0 Å². The van der Waals surface area contributed by atoms with Crippen LogP contribution in [0.15, 0.2) is 54.7 Å². The molecular weight excluding hydrogens is 234 g/mol. The van der Waals surface area contributed by atoms with E-state index in [1.165, 1.54) is 21.9 Å². The molecular formula is C17H16NO+. The van der Waals surface area contributed by atoms with Crippen molar-refractivity contribution in [2.75, 3.05) is 7.11 Å². The Morgan fingerprint density at radius 1 is 1.00 bits per heavy atom. The number of aromatic nitrogens is 1. The molecule has 0 fully saturated rings. The smallest absolute Gasteiger partial charge is 0.185 e. The van der Waals surface area contributed by atoms with Gasteiger partial charge in [0.25, 0.3) is 0 Å². The van der Waals surface area contributed by atoms with Crippen LogP contribution in [0.3, 0.4) is 0 Å². The van der Waals surface area contributed by atoms with Gasteiger partial charge in [-0.25, -0.2) is 4.98 Å². The molecule has 3 aromatic rings. The molecule has 1 heterocycles. The molecule has 0 bridgehead atoms. The van der Waals surface area contributed by atoms with Gasteiger partial charge in [0.1, 0.15) is 5.75 Å². The molecule has 0 amide bonds. The van der Waals surface area contributed by atoms with Gasteiger partial charge in [-0.2, -0.15) is 0 Å². The van der Waals surface area contributed by atoms with Crippen LogP contribution in [0, 0.1) is 6.92 Å². The number of pyridine rings is 1. The molecule has 19 heavy (non-hydrogen) atoms. The largest absolute Gasteiger partial charge is 0.497 e. The van der Waals surface area contributed by atoms with E-state index >= 15 is 0 Å². The Morgan fingerprint density at radius 2 is 1.79 bits per heavy atom. The predicted octanol–water partition coefficient (Wildman–Crippen LogP) is 3.64. The highest BCUT2D eigenvalue weighted by Crippen LogP contribution is 2.31. The van der Waals surface area contributed by atoms with E-state index < -0.39 is 0 Å². The summed E-state index contributed by atoms with van der Waals surface area (Å²) in [5.41, 5.74) is 3.61. The van der Waals surface area contributed by atoms with Gasteiger partial charge < -0.3 is 4.74 Å². The summed E-state index contributed by atoms with van der Waals surface area (Å²) in [6.45, 7) is 2.10. The molecule has 0 unspecified atom stereocenters. The summed E-state index contributed by atoms with van der Waals surface area (Å²) in [5.74, 6) is 0.885. The number of fused-ring (bicyclic) bond motifs is 1. The van der Waals surface area contributed by atoms with Crippen molar-refractivity contribution in [2.45, 2.75) is 6.92 Å². The van der Waals surface area contributed by atoms with E-state index in [0.717, 1.165) is 11.4 Å². The fraction of sp³-hybridized carbons (Fsp3) is 0.118. The lowest BCUT2D eigenvalue weighted by atomic mass is 9.98. The van der Waals surface area contributed by atoms with E-state index in [4.69, 9.17) is 4.74 Å². The summed E-state index contributed by atoms with van der Waals surface area (Å²) in [4.78, 5) is 3.34. The standard InChI is InChI=1S/C17H15NO/c1-12-17(13-6-4-3-5-7-13)16-10-15(19-2)9-8-14(16)11-18-12/h3-11H,1-2H3/p+1. The molecule has 0 atom stereocenters. The van der Waals surface area contributed by atoms with E-state index in [9.17, 15) is 0 Å². The maximum absolute atomic E-state index is 5.34. The van der Waals surface area contributed by atoms with Gasteiger partial charge in [-0.1, -0.05) is 30.3 Å². The Labute approximate surface area is 112 Å². The van der Waals surface area contributed by atoms with Crippen LogP contribution in [0.1, 0.15) is 5.69 Å². The Bertz CT molecular complexity index is 720. The van der Waals surface area contributed by atoms with Gasteiger partial charge in [0.2, 0.25) is 0 Å². The first-order valence-electron chi connectivity index (χ1n) is 6.34. The van der Waals surface area contributed by atoms with E-state index in [-0.39, 0.29) is 0 Å². The first kappa shape index (κ1) is 11.7. The summed E-state index contributed by atoms with van der Waals surface area (Å²) in [6, 6.07) is 16.6. The normalized spacial score (nSPS) is 10.6. The molecule has 0 saturated heterocycles. The quantitative estimate of drug-likeness (QED) is 0.681. The Morgan fingerprint density at radius 3 is 2.53 bits per heavy atom. The minimum absolute atomic E-state index is 0.885. The SMILES string of the molecule is COc1ccc2c[nH+]c(C)c(-c3ccccc3)c2c1. The minimum atomic E-state index is 0.885. The van der Waals surface area contributed by atoms with Gasteiger partial charge in [0.05, 0.1) is 12.7 Å². The third-order valence-electron chi connectivity index (χ3n) is 3.41. The number of hydrogen-bond donors (Lipinski definition) is 0. The maximum atomic E-state index is 5.34. The number of rotatable bonds is 2. The van der Waals surface area contributed by atoms with Gasteiger partial charge >= 0.3 is 0 Å². The van der Waals surface area contributed by atoms with Crippen molar-refractivity contribution in [1.29, 1.82) is 0 Å². The number of aromatic amines is 1. The zero-order valence-corrected chi connectivity index (χ0v) is 11.1. The predicted molar refractivity (Wildman–Crippen MR) is 77.2 cm³/mol. The van der Waals surface area contributed by atoms with Crippen LogP contribution in [-0.2, 0) is 0 Å². The van der Waals surface area contributed by atoms with Crippen LogP contribution >= 0.6 is 0 Å². The van der Waals surface area contributed by atoms with Gasteiger partial charge in [-0.3, -0.25) is 0 Å². The molecule has 2 nitrogen and oxygen atoms in total. The van der Waals surface area contributed by atoms with Gasteiger partial charge in [0.15, 0.2) is 11.9 Å². The van der Waals surface area contributed by atoms with Gasteiger partial charge in [0, 0.05) is 17.7 Å². The van der Waals surface area contributed by atoms with Gasteiger partial charge in [-0.05, 0) is 23.8 Å². The molecule has 0 aliphatic heterocycles. The van der Waals surface area contributed by atoms with Crippen molar-refractivity contribution >= 4 is 10.8 Å². The molecule has 0 aliphatic carbocycles. The van der Waals surface area contributed by atoms with E-state index in [2.05, 4.69) is 48.3 Å². The summed E-state index contributed by atoms with van der Waals surface area (Å²) in [7, 11) is 1.70. The average Bonchev–Trinajstić information content (AvgIpc) is 2.47. The average molecular weight is 250 g/mol. The van der Waals surface area contributed by atoms with Crippen LogP contribution in [0.5, 0.6) is 5.75 Å². The van der Waals surface area contributed by atoms with E-state index in [0.29, 0.717) is 0 Å². The molecule has 1 N–H and O–H groups in total. The van der Waals surface area contributed by atoms with Crippen molar-refractivity contribution in [3.63, 3.8) is 0 Å². The van der Waals surface area contributed by atoms with E-state index in [1.54, 1.807) is 7.11 Å². The molecule has 0 aliphatic rings. The fourth-order valence-corrected chi connectivity index (χ4v) is 2.44. The summed E-state index contributed by atoms with van der Waals surface area (Å²) < 4.78 is 5.34. The highest BCUT2D eigenvalue weighted by Gasteiger charge is 2.13. The van der Waals surface area contributed by atoms with Crippen molar-refractivity contribution in [3.05, 3.63) is 60.4 Å². The topological polar surface area (TPSA) is 23.4 Å². The van der Waals surface area contributed by atoms with Crippen molar-refractivity contribution in [1.82, 2.24) is 0 Å². The van der Waals surface area contributed by atoms with Crippen molar-refractivity contribution in [2.24, 2.45) is 0 Å². The van der Waals surface area contributed by atoms with Crippen LogP contribution in [0.25, 0.3) is 21.9 Å². The number of nitrogens with one attached hydrogen (secondary N) is 1. The van der Waals surface area contributed by atoms with Crippen molar-refractivity contribution < 1.29 is 9.72 Å². The third kappa shape index (κ3) is 2.06. The summed E-state index contributed by atoms with van der Waals surface area (Å²) in [6.07, 6.45) is 2.04. The molecule has 0 saturated carbocycles. The van der Waals surface area contributed by atoms with Crippen molar-refractivity contribution in [3.8, 4) is 16.9 Å². The highest BCUT2D eigenvalue weighted by molar-refractivity contribution is 5.97.